The highest BCUT2D eigenvalue weighted by atomic mass is 16.5. The zero-order valence-electron chi connectivity index (χ0n) is 12.3. The highest BCUT2D eigenvalue weighted by Gasteiger charge is 2.56. The number of ether oxygens (including phenoxy) is 1. The van der Waals surface area contributed by atoms with E-state index in [0.717, 1.165) is 12.2 Å². The summed E-state index contributed by atoms with van der Waals surface area (Å²) in [5.41, 5.74) is 10.4. The maximum atomic E-state index is 6.40. The normalized spacial score (nSPS) is 28.4. The van der Waals surface area contributed by atoms with Gasteiger partial charge in [-0.25, -0.2) is 0 Å². The Morgan fingerprint density at radius 2 is 1.68 bits per heavy atom. The van der Waals surface area contributed by atoms with Gasteiger partial charge in [0.05, 0.1) is 0 Å². The summed E-state index contributed by atoms with van der Waals surface area (Å²) in [6.07, 6.45) is 6.50. The van der Waals surface area contributed by atoms with Gasteiger partial charge in [-0.1, -0.05) is 30.5 Å². The van der Waals surface area contributed by atoms with Crippen molar-refractivity contribution >= 4 is 0 Å². The fraction of sp³-hybridized carbons (Fsp3) is 0.647. The molecule has 2 nitrogen and oxygen atoms in total. The van der Waals surface area contributed by atoms with E-state index in [0.29, 0.717) is 12.1 Å². The fourth-order valence-corrected chi connectivity index (χ4v) is 4.16. The van der Waals surface area contributed by atoms with Crippen LogP contribution in [0.15, 0.2) is 12.1 Å². The lowest BCUT2D eigenvalue weighted by Crippen LogP contribution is -2.62. The summed E-state index contributed by atoms with van der Waals surface area (Å²) in [7, 11) is 0. The van der Waals surface area contributed by atoms with Crippen LogP contribution in [0.4, 0.5) is 0 Å². The summed E-state index contributed by atoms with van der Waals surface area (Å²) in [6, 6.07) is 4.77. The molecule has 0 aromatic heterocycles. The number of rotatable bonds is 2. The Morgan fingerprint density at radius 3 is 2.21 bits per heavy atom. The van der Waals surface area contributed by atoms with Crippen LogP contribution < -0.4 is 10.5 Å². The van der Waals surface area contributed by atoms with Crippen LogP contribution in [-0.4, -0.2) is 12.1 Å². The van der Waals surface area contributed by atoms with E-state index in [1.165, 1.54) is 42.4 Å². The van der Waals surface area contributed by atoms with Crippen molar-refractivity contribution in [3.8, 4) is 5.75 Å². The van der Waals surface area contributed by atoms with Gasteiger partial charge in [0, 0.05) is 17.9 Å². The minimum Gasteiger partial charge on any atom is -0.489 e. The first-order valence-electron chi connectivity index (χ1n) is 7.53. The average Bonchev–Trinajstić information content (AvgIpc) is 2.84. The van der Waals surface area contributed by atoms with Crippen molar-refractivity contribution in [3.05, 3.63) is 28.8 Å². The number of hydrogen-bond donors (Lipinski definition) is 1. The van der Waals surface area contributed by atoms with Crippen molar-refractivity contribution < 1.29 is 4.74 Å². The number of aryl methyl sites for hydroxylation is 3. The van der Waals surface area contributed by atoms with E-state index in [1.807, 2.05) is 0 Å². The first-order valence-corrected chi connectivity index (χ1v) is 7.53. The minimum absolute atomic E-state index is 0.282. The molecule has 1 aromatic carbocycles. The molecule has 0 bridgehead atoms. The number of hydrogen-bond acceptors (Lipinski definition) is 2. The predicted octanol–water partition coefficient (Wildman–Crippen LogP) is 3.65. The molecule has 104 valence electrons. The summed E-state index contributed by atoms with van der Waals surface area (Å²) in [5, 5.41) is 0. The van der Waals surface area contributed by atoms with Gasteiger partial charge in [0.2, 0.25) is 0 Å². The van der Waals surface area contributed by atoms with Gasteiger partial charge in [-0.05, 0) is 44.7 Å². The molecule has 1 aromatic rings. The molecule has 2 aliphatic rings. The first-order chi connectivity index (χ1) is 9.03. The SMILES string of the molecule is Cc1cc(C)c(OC2CC(N)C23CCCC3)c(C)c1. The molecular weight excluding hydrogens is 234 g/mol. The van der Waals surface area contributed by atoms with E-state index >= 15 is 0 Å². The average molecular weight is 259 g/mol. The molecule has 2 unspecified atom stereocenters. The van der Waals surface area contributed by atoms with E-state index in [-0.39, 0.29) is 5.41 Å². The first kappa shape index (κ1) is 13.0. The lowest BCUT2D eigenvalue weighted by molar-refractivity contribution is -0.0626. The molecular formula is C17H25NO. The maximum absolute atomic E-state index is 6.40. The largest absolute Gasteiger partial charge is 0.489 e. The summed E-state index contributed by atoms with van der Waals surface area (Å²) < 4.78 is 6.40. The lowest BCUT2D eigenvalue weighted by Gasteiger charge is -2.52. The summed E-state index contributed by atoms with van der Waals surface area (Å²) >= 11 is 0. The van der Waals surface area contributed by atoms with Crippen molar-refractivity contribution in [2.75, 3.05) is 0 Å². The molecule has 2 N–H and O–H groups in total. The summed E-state index contributed by atoms with van der Waals surface area (Å²) in [4.78, 5) is 0. The molecule has 2 atom stereocenters. The van der Waals surface area contributed by atoms with Gasteiger partial charge in [-0.15, -0.1) is 0 Å². The third kappa shape index (κ3) is 1.97. The van der Waals surface area contributed by atoms with Crippen LogP contribution in [0, 0.1) is 26.2 Å². The van der Waals surface area contributed by atoms with Gasteiger partial charge >= 0.3 is 0 Å². The van der Waals surface area contributed by atoms with Gasteiger partial charge in [0.15, 0.2) is 0 Å². The van der Waals surface area contributed by atoms with Crippen molar-refractivity contribution in [2.45, 2.75) is 65.0 Å². The lowest BCUT2D eigenvalue weighted by atomic mass is 9.61. The minimum atomic E-state index is 0.282. The molecule has 2 fully saturated rings. The molecule has 0 amide bonds. The van der Waals surface area contributed by atoms with Crippen LogP contribution in [0.2, 0.25) is 0 Å². The van der Waals surface area contributed by atoms with Gasteiger partial charge in [-0.2, -0.15) is 0 Å². The summed E-state index contributed by atoms with van der Waals surface area (Å²) in [5.74, 6) is 1.09. The molecule has 3 rings (SSSR count). The van der Waals surface area contributed by atoms with Crippen LogP contribution in [0.5, 0.6) is 5.75 Å². The Hall–Kier alpha value is -1.02. The standard InChI is InChI=1S/C17H25NO/c1-11-8-12(2)16(13(3)9-11)19-15-10-14(18)17(15)6-4-5-7-17/h8-9,14-15H,4-7,10,18H2,1-3H3. The van der Waals surface area contributed by atoms with Crippen molar-refractivity contribution in [1.82, 2.24) is 0 Å². The third-order valence-electron chi connectivity index (χ3n) is 5.25. The Balaban J connectivity index is 1.83. The zero-order chi connectivity index (χ0) is 13.6. The van der Waals surface area contributed by atoms with Gasteiger partial charge in [-0.3, -0.25) is 0 Å². The third-order valence-corrected chi connectivity index (χ3v) is 5.25. The molecule has 0 heterocycles. The highest BCUT2D eigenvalue weighted by molar-refractivity contribution is 5.43. The molecule has 2 saturated carbocycles. The quantitative estimate of drug-likeness (QED) is 0.880. The van der Waals surface area contributed by atoms with Crippen molar-refractivity contribution in [2.24, 2.45) is 11.1 Å². The monoisotopic (exact) mass is 259 g/mol. The Morgan fingerprint density at radius 1 is 1.11 bits per heavy atom. The number of benzene rings is 1. The Bertz CT molecular complexity index is 465. The molecule has 0 aliphatic heterocycles. The molecule has 0 saturated heterocycles. The van der Waals surface area contributed by atoms with E-state index in [2.05, 4.69) is 32.9 Å². The van der Waals surface area contributed by atoms with Crippen LogP contribution >= 0.6 is 0 Å². The topological polar surface area (TPSA) is 35.2 Å². The predicted molar refractivity (Wildman–Crippen MR) is 78.6 cm³/mol. The number of nitrogens with two attached hydrogens (primary N) is 1. The van der Waals surface area contributed by atoms with Crippen molar-refractivity contribution in [1.29, 1.82) is 0 Å². The molecule has 2 heteroatoms. The second kappa shape index (κ2) is 4.52. The molecule has 2 aliphatic carbocycles. The van der Waals surface area contributed by atoms with Gasteiger partial charge in [0.25, 0.3) is 0 Å². The van der Waals surface area contributed by atoms with Crippen LogP contribution in [-0.2, 0) is 0 Å². The maximum Gasteiger partial charge on any atom is 0.125 e. The smallest absolute Gasteiger partial charge is 0.125 e. The van der Waals surface area contributed by atoms with Crippen LogP contribution in [0.1, 0.15) is 48.8 Å². The fourth-order valence-electron chi connectivity index (χ4n) is 4.16. The van der Waals surface area contributed by atoms with E-state index in [9.17, 15) is 0 Å². The van der Waals surface area contributed by atoms with E-state index in [1.54, 1.807) is 0 Å². The Labute approximate surface area is 116 Å². The second-order valence-corrected chi connectivity index (χ2v) is 6.62. The molecule has 19 heavy (non-hydrogen) atoms. The van der Waals surface area contributed by atoms with E-state index < -0.39 is 0 Å². The highest BCUT2D eigenvalue weighted by Crippen LogP contribution is 2.54. The van der Waals surface area contributed by atoms with Crippen LogP contribution in [0.3, 0.4) is 0 Å². The van der Waals surface area contributed by atoms with Gasteiger partial charge in [0.1, 0.15) is 11.9 Å². The zero-order valence-corrected chi connectivity index (χ0v) is 12.3. The Kier molecular flexibility index (Phi) is 3.09. The van der Waals surface area contributed by atoms with E-state index in [4.69, 9.17) is 10.5 Å². The van der Waals surface area contributed by atoms with Gasteiger partial charge < -0.3 is 10.5 Å². The molecule has 1 spiro atoms. The second-order valence-electron chi connectivity index (χ2n) is 6.62. The molecule has 0 radical (unpaired) electrons. The van der Waals surface area contributed by atoms with Crippen molar-refractivity contribution in [3.63, 3.8) is 0 Å². The summed E-state index contributed by atoms with van der Waals surface area (Å²) in [6.45, 7) is 6.44. The van der Waals surface area contributed by atoms with Crippen LogP contribution in [0.25, 0.3) is 0 Å².